The molecule has 0 radical (unpaired) electrons. The number of hydrogen-bond donors (Lipinski definition) is 1. The Morgan fingerprint density at radius 3 is 2.83 bits per heavy atom. The van der Waals surface area contributed by atoms with Crippen LogP contribution in [0.25, 0.3) is 0 Å². The molecule has 1 atom stereocenters. The molecule has 0 bridgehead atoms. The molecule has 1 unspecified atom stereocenters. The zero-order valence-corrected chi connectivity index (χ0v) is 13.9. The van der Waals surface area contributed by atoms with E-state index in [0.29, 0.717) is 18.8 Å². The van der Waals surface area contributed by atoms with Crippen LogP contribution in [-0.4, -0.2) is 40.2 Å². The van der Waals surface area contributed by atoms with Gasteiger partial charge in [-0.05, 0) is 30.7 Å². The van der Waals surface area contributed by atoms with Gasteiger partial charge in [-0.15, -0.1) is 12.4 Å². The summed E-state index contributed by atoms with van der Waals surface area (Å²) in [5.74, 6) is -0.399. The highest BCUT2D eigenvalue weighted by Crippen LogP contribution is 2.24. The average molecular weight is 339 g/mol. The van der Waals surface area contributed by atoms with Crippen LogP contribution in [0.3, 0.4) is 0 Å². The lowest BCUT2D eigenvalue weighted by atomic mass is 10.0. The molecule has 0 spiro atoms. The second kappa shape index (κ2) is 7.10. The van der Waals surface area contributed by atoms with Crippen molar-refractivity contribution in [2.45, 2.75) is 13.0 Å². The maximum Gasteiger partial charge on any atom is 0.274 e. The minimum atomic E-state index is -0.288. The van der Waals surface area contributed by atoms with Crippen LogP contribution in [0, 0.1) is 12.7 Å². The fourth-order valence-electron chi connectivity index (χ4n) is 2.77. The van der Waals surface area contributed by atoms with E-state index in [0.717, 1.165) is 17.8 Å². The molecule has 0 aliphatic carbocycles. The highest BCUT2D eigenvalue weighted by Gasteiger charge is 2.30. The van der Waals surface area contributed by atoms with Gasteiger partial charge in [0.05, 0.1) is 6.04 Å². The van der Waals surface area contributed by atoms with E-state index >= 15 is 0 Å². The lowest BCUT2D eigenvalue weighted by molar-refractivity contribution is 0.0627. The number of nitrogens with zero attached hydrogens (tertiary/aromatic N) is 3. The Morgan fingerprint density at radius 1 is 1.39 bits per heavy atom. The Labute approximate surface area is 140 Å². The van der Waals surface area contributed by atoms with Gasteiger partial charge in [-0.2, -0.15) is 5.10 Å². The van der Waals surface area contributed by atoms with Gasteiger partial charge in [0.25, 0.3) is 5.91 Å². The van der Waals surface area contributed by atoms with Gasteiger partial charge in [0, 0.05) is 32.4 Å². The molecule has 3 rings (SSSR count). The first kappa shape index (κ1) is 17.4. The van der Waals surface area contributed by atoms with Crippen molar-refractivity contribution in [2.75, 3.05) is 19.6 Å². The van der Waals surface area contributed by atoms with E-state index in [1.54, 1.807) is 21.7 Å². The second-order valence-corrected chi connectivity index (χ2v) is 5.57. The molecule has 1 saturated heterocycles. The van der Waals surface area contributed by atoms with Crippen LogP contribution in [0.5, 0.6) is 0 Å². The van der Waals surface area contributed by atoms with E-state index in [-0.39, 0.29) is 30.2 Å². The normalized spacial score (nSPS) is 17.7. The standard InChI is InChI=1S/C16H19FN4O.ClH/c1-11-8-14(19-20(11)2)16(22)21-7-6-18-10-15(21)12-4-3-5-13(17)9-12;/h3-5,8-9,15,18H,6-7,10H2,1-2H3;1H. The van der Waals surface area contributed by atoms with Gasteiger partial charge in [0.1, 0.15) is 5.82 Å². The van der Waals surface area contributed by atoms with Gasteiger partial charge in [-0.3, -0.25) is 9.48 Å². The first-order chi connectivity index (χ1) is 10.6. The summed E-state index contributed by atoms with van der Waals surface area (Å²) >= 11 is 0. The second-order valence-electron chi connectivity index (χ2n) is 5.57. The molecule has 0 saturated carbocycles. The highest BCUT2D eigenvalue weighted by molar-refractivity contribution is 5.92. The van der Waals surface area contributed by atoms with Crippen molar-refractivity contribution in [1.29, 1.82) is 0 Å². The fraction of sp³-hybridized carbons (Fsp3) is 0.375. The molecule has 5 nitrogen and oxygen atoms in total. The zero-order valence-electron chi connectivity index (χ0n) is 13.1. The van der Waals surface area contributed by atoms with Crippen LogP contribution in [0.15, 0.2) is 30.3 Å². The molecule has 1 N–H and O–H groups in total. The van der Waals surface area contributed by atoms with E-state index in [2.05, 4.69) is 10.4 Å². The first-order valence-electron chi connectivity index (χ1n) is 7.34. The van der Waals surface area contributed by atoms with E-state index in [9.17, 15) is 9.18 Å². The van der Waals surface area contributed by atoms with Crippen molar-refractivity contribution >= 4 is 18.3 Å². The molecular weight excluding hydrogens is 319 g/mol. The van der Waals surface area contributed by atoms with Crippen LogP contribution < -0.4 is 5.32 Å². The predicted octanol–water partition coefficient (Wildman–Crippen LogP) is 2.08. The monoisotopic (exact) mass is 338 g/mol. The predicted molar refractivity (Wildman–Crippen MR) is 88.2 cm³/mol. The molecule has 23 heavy (non-hydrogen) atoms. The number of nitrogens with one attached hydrogen (secondary N) is 1. The number of hydrogen-bond acceptors (Lipinski definition) is 3. The smallest absolute Gasteiger partial charge is 0.274 e. The van der Waals surface area contributed by atoms with Crippen LogP contribution in [0.4, 0.5) is 4.39 Å². The van der Waals surface area contributed by atoms with E-state index < -0.39 is 0 Å². The number of benzene rings is 1. The number of carbonyl (C=O) groups is 1. The Hall–Kier alpha value is -1.92. The minimum Gasteiger partial charge on any atom is -0.328 e. The Kier molecular flexibility index (Phi) is 5.38. The molecule has 1 fully saturated rings. The molecule has 124 valence electrons. The Morgan fingerprint density at radius 2 is 2.17 bits per heavy atom. The maximum absolute atomic E-state index is 13.5. The number of amides is 1. The number of halogens is 2. The summed E-state index contributed by atoms with van der Waals surface area (Å²) in [6.07, 6.45) is 0. The average Bonchev–Trinajstić information content (AvgIpc) is 2.86. The third kappa shape index (κ3) is 3.54. The zero-order chi connectivity index (χ0) is 15.7. The summed E-state index contributed by atoms with van der Waals surface area (Å²) in [4.78, 5) is 14.5. The van der Waals surface area contributed by atoms with Crippen molar-refractivity contribution in [1.82, 2.24) is 20.0 Å². The molecule has 1 aromatic carbocycles. The highest BCUT2D eigenvalue weighted by atomic mass is 35.5. The summed E-state index contributed by atoms with van der Waals surface area (Å²) in [6.45, 7) is 3.83. The molecular formula is C16H20ClFN4O. The largest absolute Gasteiger partial charge is 0.328 e. The number of aryl methyl sites for hydroxylation is 2. The van der Waals surface area contributed by atoms with Crippen molar-refractivity contribution in [3.63, 3.8) is 0 Å². The fourth-order valence-corrected chi connectivity index (χ4v) is 2.77. The molecule has 2 aromatic rings. The van der Waals surface area contributed by atoms with Crippen molar-refractivity contribution in [3.8, 4) is 0 Å². The topological polar surface area (TPSA) is 50.2 Å². The van der Waals surface area contributed by atoms with E-state index in [1.807, 2.05) is 20.0 Å². The summed E-state index contributed by atoms with van der Waals surface area (Å²) in [5.41, 5.74) is 2.16. The first-order valence-corrected chi connectivity index (χ1v) is 7.34. The maximum atomic E-state index is 13.5. The number of rotatable bonds is 2. The lowest BCUT2D eigenvalue weighted by Gasteiger charge is -2.36. The molecule has 1 aliphatic heterocycles. The molecule has 7 heteroatoms. The van der Waals surface area contributed by atoms with Crippen LogP contribution in [0.1, 0.15) is 27.8 Å². The number of piperazine rings is 1. The molecule has 1 aromatic heterocycles. The molecule has 2 heterocycles. The van der Waals surface area contributed by atoms with Crippen LogP contribution in [-0.2, 0) is 7.05 Å². The van der Waals surface area contributed by atoms with Crippen LogP contribution >= 0.6 is 12.4 Å². The van der Waals surface area contributed by atoms with Gasteiger partial charge in [-0.1, -0.05) is 12.1 Å². The Balaban J connectivity index is 0.00000192. The van der Waals surface area contributed by atoms with Gasteiger partial charge in [-0.25, -0.2) is 4.39 Å². The van der Waals surface area contributed by atoms with Gasteiger partial charge < -0.3 is 10.2 Å². The van der Waals surface area contributed by atoms with Crippen molar-refractivity contribution in [2.24, 2.45) is 7.05 Å². The lowest BCUT2D eigenvalue weighted by Crippen LogP contribution is -2.48. The summed E-state index contributed by atoms with van der Waals surface area (Å²) < 4.78 is 15.2. The van der Waals surface area contributed by atoms with Crippen molar-refractivity contribution in [3.05, 3.63) is 53.1 Å². The third-order valence-electron chi connectivity index (χ3n) is 4.07. The quantitative estimate of drug-likeness (QED) is 0.912. The van der Waals surface area contributed by atoms with E-state index in [4.69, 9.17) is 0 Å². The molecule has 1 aliphatic rings. The van der Waals surface area contributed by atoms with Gasteiger partial charge >= 0.3 is 0 Å². The number of carbonyl (C=O) groups excluding carboxylic acids is 1. The van der Waals surface area contributed by atoms with Crippen LogP contribution in [0.2, 0.25) is 0 Å². The summed E-state index contributed by atoms with van der Waals surface area (Å²) in [6, 6.07) is 8.03. The summed E-state index contributed by atoms with van der Waals surface area (Å²) in [7, 11) is 1.81. The molecule has 1 amide bonds. The Bertz CT molecular complexity index is 684. The van der Waals surface area contributed by atoms with Crippen molar-refractivity contribution < 1.29 is 9.18 Å². The number of aromatic nitrogens is 2. The SMILES string of the molecule is Cc1cc(C(=O)N2CCNCC2c2cccc(F)c2)nn1C.Cl. The van der Waals surface area contributed by atoms with Gasteiger partial charge in [0.2, 0.25) is 0 Å². The minimum absolute atomic E-state index is 0. The third-order valence-corrected chi connectivity index (χ3v) is 4.07. The van der Waals surface area contributed by atoms with E-state index in [1.165, 1.54) is 12.1 Å². The van der Waals surface area contributed by atoms with Gasteiger partial charge in [0.15, 0.2) is 5.69 Å². The summed E-state index contributed by atoms with van der Waals surface area (Å²) in [5, 5.41) is 7.53.